The number of aromatic hydroxyl groups is 1. The number of aromatic amines is 1. The van der Waals surface area contributed by atoms with Gasteiger partial charge in [0.1, 0.15) is 11.5 Å². The van der Waals surface area contributed by atoms with E-state index < -0.39 is 12.0 Å². The minimum atomic E-state index is -2.98. The fourth-order valence-corrected chi connectivity index (χ4v) is 4.07. The van der Waals surface area contributed by atoms with Gasteiger partial charge in [0, 0.05) is 30.8 Å². The molecule has 1 aromatic carbocycles. The lowest BCUT2D eigenvalue weighted by Crippen LogP contribution is -2.52. The Morgan fingerprint density at radius 3 is 2.83 bits per heavy atom. The summed E-state index contributed by atoms with van der Waals surface area (Å²) in [5.41, 5.74) is -0.416. The summed E-state index contributed by atoms with van der Waals surface area (Å²) >= 11 is 0. The molecule has 2 aromatic rings. The van der Waals surface area contributed by atoms with Crippen LogP contribution in [0.1, 0.15) is 31.7 Å². The quantitative estimate of drug-likeness (QED) is 0.664. The average molecular weight is 408 g/mol. The molecule has 4 rings (SSSR count). The zero-order valence-electron chi connectivity index (χ0n) is 15.8. The predicted molar refractivity (Wildman–Crippen MR) is 97.8 cm³/mol. The molecule has 1 aromatic heterocycles. The maximum Gasteiger partial charge on any atom is 0.387 e. The molecule has 1 amide bonds. The average Bonchev–Trinajstić information content (AvgIpc) is 3.26. The van der Waals surface area contributed by atoms with Crippen LogP contribution in [0.4, 0.5) is 14.7 Å². The number of rotatable bonds is 6. The number of alkyl halides is 2. The highest BCUT2D eigenvalue weighted by molar-refractivity contribution is 5.92. The lowest BCUT2D eigenvalue weighted by Gasteiger charge is -2.36. The zero-order chi connectivity index (χ0) is 20.6. The van der Waals surface area contributed by atoms with Crippen molar-refractivity contribution in [1.82, 2.24) is 25.9 Å². The third-order valence-electron chi connectivity index (χ3n) is 5.51. The van der Waals surface area contributed by atoms with E-state index in [1.54, 1.807) is 0 Å². The number of carbonyl (C=O) groups excluding carboxylic acids is 1. The van der Waals surface area contributed by atoms with E-state index in [0.717, 1.165) is 19.0 Å². The fraction of sp³-hybridized carbons (Fsp3) is 0.556. The lowest BCUT2D eigenvalue weighted by atomic mass is 9.91. The number of H-pyrrole nitrogens is 1. The molecule has 2 fully saturated rings. The number of carbonyl (C=O) groups is 1. The van der Waals surface area contributed by atoms with Gasteiger partial charge in [-0.25, -0.2) is 0 Å². The van der Waals surface area contributed by atoms with Gasteiger partial charge in [-0.15, -0.1) is 5.10 Å². The van der Waals surface area contributed by atoms with Crippen LogP contribution in [-0.2, 0) is 10.2 Å². The Hall–Kier alpha value is -2.98. The van der Waals surface area contributed by atoms with Crippen LogP contribution in [0.2, 0.25) is 0 Å². The van der Waals surface area contributed by atoms with E-state index in [1.807, 2.05) is 4.90 Å². The van der Waals surface area contributed by atoms with Crippen LogP contribution >= 0.6 is 0 Å². The molecule has 11 heteroatoms. The van der Waals surface area contributed by atoms with Crippen molar-refractivity contribution < 1.29 is 23.4 Å². The summed E-state index contributed by atoms with van der Waals surface area (Å²) in [6, 6.07) is 3.84. The van der Waals surface area contributed by atoms with E-state index in [0.29, 0.717) is 36.8 Å². The van der Waals surface area contributed by atoms with Gasteiger partial charge in [0.05, 0.1) is 5.41 Å². The van der Waals surface area contributed by atoms with Gasteiger partial charge in [-0.1, -0.05) is 18.1 Å². The first-order valence-electron chi connectivity index (χ1n) is 9.45. The number of tetrazole rings is 1. The molecule has 0 bridgehead atoms. The van der Waals surface area contributed by atoms with Crippen molar-refractivity contribution in [3.63, 3.8) is 0 Å². The third kappa shape index (κ3) is 3.94. The van der Waals surface area contributed by atoms with Crippen molar-refractivity contribution in [3.8, 4) is 11.5 Å². The number of phenolic OH excluding ortho intramolecular Hbond substituents is 1. The Bertz CT molecular complexity index is 874. The Balaban J connectivity index is 1.46. The highest BCUT2D eigenvalue weighted by atomic mass is 19.3. The van der Waals surface area contributed by atoms with E-state index >= 15 is 0 Å². The molecule has 9 nitrogen and oxygen atoms in total. The zero-order valence-corrected chi connectivity index (χ0v) is 15.8. The van der Waals surface area contributed by atoms with Gasteiger partial charge in [0.25, 0.3) is 5.95 Å². The molecular formula is C18H22F2N6O3. The number of phenols is 1. The molecular weight excluding hydrogens is 386 g/mol. The molecule has 29 heavy (non-hydrogen) atoms. The fourth-order valence-electron chi connectivity index (χ4n) is 4.07. The predicted octanol–water partition coefficient (Wildman–Crippen LogP) is 1.57. The van der Waals surface area contributed by atoms with Crippen LogP contribution in [0.25, 0.3) is 0 Å². The number of halogens is 2. The van der Waals surface area contributed by atoms with E-state index in [4.69, 9.17) is 0 Å². The Morgan fingerprint density at radius 2 is 2.21 bits per heavy atom. The van der Waals surface area contributed by atoms with E-state index in [1.165, 1.54) is 12.1 Å². The highest BCUT2D eigenvalue weighted by Crippen LogP contribution is 2.52. The molecule has 1 saturated heterocycles. The van der Waals surface area contributed by atoms with Crippen molar-refractivity contribution in [2.45, 2.75) is 44.3 Å². The number of hydrogen-bond acceptors (Lipinski definition) is 7. The first-order valence-corrected chi connectivity index (χ1v) is 9.45. The van der Waals surface area contributed by atoms with Gasteiger partial charge in [-0.2, -0.15) is 14.0 Å². The van der Waals surface area contributed by atoms with Crippen LogP contribution in [0.5, 0.6) is 11.5 Å². The summed E-state index contributed by atoms with van der Waals surface area (Å²) in [5, 5.41) is 27.4. The van der Waals surface area contributed by atoms with Crippen molar-refractivity contribution >= 4 is 11.9 Å². The van der Waals surface area contributed by atoms with E-state index in [2.05, 4.69) is 37.6 Å². The SMILES string of the molecule is C[C@H]1C[C@@H](NC(=O)C2(c3ccc(OC(F)F)cc3O)CC2)CN(c2nn[nH]n2)C1. The van der Waals surface area contributed by atoms with Gasteiger partial charge >= 0.3 is 6.61 Å². The number of hydrogen-bond donors (Lipinski definition) is 3. The van der Waals surface area contributed by atoms with Gasteiger partial charge < -0.3 is 20.1 Å². The molecule has 0 unspecified atom stereocenters. The molecule has 2 aliphatic rings. The number of piperidine rings is 1. The van der Waals surface area contributed by atoms with Crippen LogP contribution in [0.3, 0.4) is 0 Å². The maximum atomic E-state index is 13.1. The molecule has 0 radical (unpaired) electrons. The van der Waals surface area contributed by atoms with Gasteiger partial charge in [-0.3, -0.25) is 4.79 Å². The van der Waals surface area contributed by atoms with Gasteiger partial charge in [0.15, 0.2) is 0 Å². The minimum Gasteiger partial charge on any atom is -0.507 e. The molecule has 156 valence electrons. The second-order valence-electron chi connectivity index (χ2n) is 7.77. The highest BCUT2D eigenvalue weighted by Gasteiger charge is 2.53. The number of nitrogens with one attached hydrogen (secondary N) is 2. The number of amides is 1. The third-order valence-corrected chi connectivity index (χ3v) is 5.51. The Kier molecular flexibility index (Phi) is 4.97. The smallest absolute Gasteiger partial charge is 0.387 e. The number of aromatic nitrogens is 4. The topological polar surface area (TPSA) is 116 Å². The summed E-state index contributed by atoms with van der Waals surface area (Å²) in [7, 11) is 0. The summed E-state index contributed by atoms with van der Waals surface area (Å²) < 4.78 is 29.0. The second kappa shape index (κ2) is 7.45. The number of anilines is 1. The summed E-state index contributed by atoms with van der Waals surface area (Å²) in [6.07, 6.45) is 1.97. The van der Waals surface area contributed by atoms with Crippen LogP contribution < -0.4 is 15.0 Å². The molecule has 3 N–H and O–H groups in total. The van der Waals surface area contributed by atoms with E-state index in [9.17, 15) is 18.7 Å². The molecule has 1 aliphatic heterocycles. The van der Waals surface area contributed by atoms with Crippen LogP contribution in [-0.4, -0.2) is 57.4 Å². The summed E-state index contributed by atoms with van der Waals surface area (Å²) in [6.45, 7) is 0.433. The molecule has 1 aliphatic carbocycles. The molecule has 2 atom stereocenters. The van der Waals surface area contributed by atoms with Gasteiger partial charge in [0.2, 0.25) is 5.91 Å². The first kappa shape index (κ1) is 19.3. The molecule has 0 spiro atoms. The summed E-state index contributed by atoms with van der Waals surface area (Å²) in [4.78, 5) is 15.0. The Morgan fingerprint density at radius 1 is 1.41 bits per heavy atom. The standard InChI is InChI=1S/C18H22F2N6O3/c1-10-6-11(9-26(8-10)17-22-24-25-23-17)21-15(28)18(4-5-18)13-3-2-12(7-14(13)27)29-16(19)20/h2-3,7,10-11,16,27H,4-6,8-9H2,1H3,(H,21,28)(H,22,23,24,25)/t10-,11+/m0/s1. The van der Waals surface area contributed by atoms with Crippen molar-refractivity contribution in [2.24, 2.45) is 5.92 Å². The normalized spacial score (nSPS) is 23.1. The van der Waals surface area contributed by atoms with Crippen LogP contribution in [0.15, 0.2) is 18.2 Å². The maximum absolute atomic E-state index is 13.1. The minimum absolute atomic E-state index is 0.106. The van der Waals surface area contributed by atoms with Crippen molar-refractivity contribution in [1.29, 1.82) is 0 Å². The number of benzene rings is 1. The molecule has 2 heterocycles. The van der Waals surface area contributed by atoms with E-state index in [-0.39, 0.29) is 23.4 Å². The van der Waals surface area contributed by atoms with Gasteiger partial charge in [-0.05, 0) is 36.5 Å². The van der Waals surface area contributed by atoms with Crippen molar-refractivity contribution in [3.05, 3.63) is 23.8 Å². The largest absolute Gasteiger partial charge is 0.507 e. The second-order valence-corrected chi connectivity index (χ2v) is 7.77. The lowest BCUT2D eigenvalue weighted by molar-refractivity contribution is -0.124. The van der Waals surface area contributed by atoms with Crippen LogP contribution in [0, 0.1) is 5.92 Å². The summed E-state index contributed by atoms with van der Waals surface area (Å²) in [5.74, 6) is 0.268. The Labute approximate surface area is 165 Å². The number of ether oxygens (including phenoxy) is 1. The number of nitrogens with zero attached hydrogens (tertiary/aromatic N) is 4. The molecule has 1 saturated carbocycles. The first-order chi connectivity index (χ1) is 13.9. The van der Waals surface area contributed by atoms with Crippen molar-refractivity contribution in [2.75, 3.05) is 18.0 Å². The monoisotopic (exact) mass is 408 g/mol.